The summed E-state index contributed by atoms with van der Waals surface area (Å²) in [6.45, 7) is 7.37. The molecule has 25 heavy (non-hydrogen) atoms. The Morgan fingerprint density at radius 2 is 1.76 bits per heavy atom. The molecule has 132 valence electrons. The van der Waals surface area contributed by atoms with Gasteiger partial charge < -0.3 is 4.90 Å². The number of carbonyl (C=O) groups is 2. The van der Waals surface area contributed by atoms with Crippen LogP contribution in [0.4, 0.5) is 4.79 Å². The molecule has 0 aliphatic carbocycles. The Hall–Kier alpha value is -2.63. The van der Waals surface area contributed by atoms with Gasteiger partial charge in [-0.3, -0.25) is 14.4 Å². The quantitative estimate of drug-likeness (QED) is 0.860. The highest BCUT2D eigenvalue weighted by Crippen LogP contribution is 2.22. The SMILES string of the molecule is Cc1cc(C)c(CN2C(=O)CCN(Cc3cnn(C)c3)C2=O)c(C)c1. The summed E-state index contributed by atoms with van der Waals surface area (Å²) in [6.07, 6.45) is 4.00. The molecular weight excluding hydrogens is 316 g/mol. The molecule has 2 heterocycles. The highest BCUT2D eigenvalue weighted by molar-refractivity contribution is 5.96. The smallest absolute Gasteiger partial charge is 0.319 e. The van der Waals surface area contributed by atoms with Crippen LogP contribution in [0.25, 0.3) is 0 Å². The van der Waals surface area contributed by atoms with Crippen molar-refractivity contribution in [1.82, 2.24) is 19.6 Å². The van der Waals surface area contributed by atoms with Gasteiger partial charge in [0.25, 0.3) is 0 Å². The van der Waals surface area contributed by atoms with Crippen LogP contribution >= 0.6 is 0 Å². The molecule has 0 atom stereocenters. The van der Waals surface area contributed by atoms with Gasteiger partial charge in [0.05, 0.1) is 19.3 Å². The first-order chi connectivity index (χ1) is 11.8. The number of hydrogen-bond donors (Lipinski definition) is 0. The lowest BCUT2D eigenvalue weighted by molar-refractivity contribution is -0.131. The van der Waals surface area contributed by atoms with Crippen molar-refractivity contribution in [3.63, 3.8) is 0 Å². The minimum Gasteiger partial charge on any atom is -0.319 e. The summed E-state index contributed by atoms with van der Waals surface area (Å²) in [4.78, 5) is 28.3. The van der Waals surface area contributed by atoms with E-state index in [1.807, 2.05) is 27.1 Å². The summed E-state index contributed by atoms with van der Waals surface area (Å²) in [5.41, 5.74) is 5.43. The van der Waals surface area contributed by atoms with E-state index in [9.17, 15) is 9.59 Å². The van der Waals surface area contributed by atoms with E-state index >= 15 is 0 Å². The molecule has 6 nitrogen and oxygen atoms in total. The molecule has 0 N–H and O–H groups in total. The molecule has 6 heteroatoms. The van der Waals surface area contributed by atoms with Gasteiger partial charge in [0.2, 0.25) is 5.91 Å². The van der Waals surface area contributed by atoms with Crippen molar-refractivity contribution in [2.75, 3.05) is 6.54 Å². The average Bonchev–Trinajstić information content (AvgIpc) is 2.94. The molecule has 1 aliphatic rings. The Kier molecular flexibility index (Phi) is 4.61. The second-order valence-electron chi connectivity index (χ2n) is 6.83. The van der Waals surface area contributed by atoms with Gasteiger partial charge in [-0.2, -0.15) is 5.10 Å². The van der Waals surface area contributed by atoms with Crippen LogP contribution in [-0.4, -0.2) is 38.1 Å². The number of rotatable bonds is 4. The molecule has 0 radical (unpaired) electrons. The van der Waals surface area contributed by atoms with Crippen molar-refractivity contribution in [2.45, 2.75) is 40.3 Å². The summed E-state index contributed by atoms with van der Waals surface area (Å²) in [5, 5.41) is 4.14. The van der Waals surface area contributed by atoms with E-state index in [1.54, 1.807) is 15.8 Å². The summed E-state index contributed by atoms with van der Waals surface area (Å²) >= 11 is 0. The maximum absolute atomic E-state index is 12.8. The Morgan fingerprint density at radius 3 is 2.36 bits per heavy atom. The topological polar surface area (TPSA) is 58.4 Å². The zero-order valence-electron chi connectivity index (χ0n) is 15.2. The van der Waals surface area contributed by atoms with Crippen molar-refractivity contribution in [3.05, 3.63) is 52.3 Å². The van der Waals surface area contributed by atoms with Gasteiger partial charge in [0.15, 0.2) is 0 Å². The van der Waals surface area contributed by atoms with Gasteiger partial charge in [-0.05, 0) is 37.5 Å². The van der Waals surface area contributed by atoms with Crippen LogP contribution in [0.5, 0.6) is 0 Å². The first kappa shape index (κ1) is 17.2. The number of nitrogens with zero attached hydrogens (tertiary/aromatic N) is 4. The molecule has 1 aromatic heterocycles. The van der Waals surface area contributed by atoms with E-state index in [2.05, 4.69) is 24.2 Å². The first-order valence-electron chi connectivity index (χ1n) is 8.48. The van der Waals surface area contributed by atoms with Crippen LogP contribution < -0.4 is 0 Å². The normalized spacial score (nSPS) is 15.2. The first-order valence-corrected chi connectivity index (χ1v) is 8.48. The number of aryl methyl sites for hydroxylation is 4. The standard InChI is InChI=1S/C19H24N4O2/c1-13-7-14(2)17(15(3)8-13)12-23-18(24)5-6-22(19(23)25)11-16-9-20-21(4)10-16/h7-10H,5-6,11-12H2,1-4H3. The molecule has 1 aliphatic heterocycles. The number of urea groups is 1. The minimum absolute atomic E-state index is 0.105. The van der Waals surface area contributed by atoms with Crippen molar-refractivity contribution in [1.29, 1.82) is 0 Å². The predicted molar refractivity (Wildman–Crippen MR) is 94.8 cm³/mol. The zero-order chi connectivity index (χ0) is 18.1. The average molecular weight is 340 g/mol. The van der Waals surface area contributed by atoms with Gasteiger partial charge in [-0.15, -0.1) is 0 Å². The van der Waals surface area contributed by atoms with Crippen LogP contribution in [0.15, 0.2) is 24.5 Å². The molecule has 0 spiro atoms. The van der Waals surface area contributed by atoms with Crippen molar-refractivity contribution >= 4 is 11.9 Å². The summed E-state index contributed by atoms with van der Waals surface area (Å²) in [6, 6.07) is 3.96. The molecular formula is C19H24N4O2. The molecule has 1 aromatic carbocycles. The molecule has 3 amide bonds. The lowest BCUT2D eigenvalue weighted by atomic mass is 9.99. The molecule has 3 rings (SSSR count). The fourth-order valence-corrected chi connectivity index (χ4v) is 3.43. The van der Waals surface area contributed by atoms with Crippen LogP contribution in [-0.2, 0) is 24.9 Å². The monoisotopic (exact) mass is 340 g/mol. The summed E-state index contributed by atoms with van der Waals surface area (Å²) in [7, 11) is 1.85. The maximum atomic E-state index is 12.8. The third-order valence-corrected chi connectivity index (χ3v) is 4.69. The number of carbonyl (C=O) groups excluding carboxylic acids is 2. The maximum Gasteiger partial charge on any atom is 0.327 e. The van der Waals surface area contributed by atoms with E-state index in [0.29, 0.717) is 26.1 Å². The Balaban J connectivity index is 1.80. The van der Waals surface area contributed by atoms with E-state index in [0.717, 1.165) is 22.3 Å². The predicted octanol–water partition coefficient (Wildman–Crippen LogP) is 2.70. The van der Waals surface area contributed by atoms with E-state index < -0.39 is 0 Å². The van der Waals surface area contributed by atoms with Crippen molar-refractivity contribution in [2.24, 2.45) is 7.05 Å². The molecule has 1 saturated heterocycles. The van der Waals surface area contributed by atoms with Gasteiger partial charge in [-0.1, -0.05) is 17.7 Å². The summed E-state index contributed by atoms with van der Waals surface area (Å²) in [5.74, 6) is -0.105. The fraction of sp³-hybridized carbons (Fsp3) is 0.421. The summed E-state index contributed by atoms with van der Waals surface area (Å²) < 4.78 is 1.71. The van der Waals surface area contributed by atoms with Gasteiger partial charge in [0, 0.05) is 31.8 Å². The van der Waals surface area contributed by atoms with Crippen LogP contribution in [0.2, 0.25) is 0 Å². The van der Waals surface area contributed by atoms with Gasteiger partial charge in [0.1, 0.15) is 0 Å². The zero-order valence-corrected chi connectivity index (χ0v) is 15.2. The molecule has 0 bridgehead atoms. The third-order valence-electron chi connectivity index (χ3n) is 4.69. The van der Waals surface area contributed by atoms with Crippen molar-refractivity contribution in [3.8, 4) is 0 Å². The fourth-order valence-electron chi connectivity index (χ4n) is 3.43. The van der Waals surface area contributed by atoms with E-state index in [4.69, 9.17) is 0 Å². The van der Waals surface area contributed by atoms with Crippen LogP contribution in [0.1, 0.15) is 34.2 Å². The second kappa shape index (κ2) is 6.70. The van der Waals surface area contributed by atoms with E-state index in [1.165, 1.54) is 10.5 Å². The minimum atomic E-state index is -0.223. The number of hydrogen-bond acceptors (Lipinski definition) is 3. The van der Waals surface area contributed by atoms with Gasteiger partial charge >= 0.3 is 6.03 Å². The Labute approximate surface area is 148 Å². The molecule has 0 unspecified atom stereocenters. The van der Waals surface area contributed by atoms with Crippen LogP contribution in [0.3, 0.4) is 0 Å². The second-order valence-corrected chi connectivity index (χ2v) is 6.83. The van der Waals surface area contributed by atoms with E-state index in [-0.39, 0.29) is 11.9 Å². The number of imide groups is 1. The van der Waals surface area contributed by atoms with Crippen LogP contribution in [0, 0.1) is 20.8 Å². The highest BCUT2D eigenvalue weighted by Gasteiger charge is 2.32. The number of benzene rings is 1. The Bertz CT molecular complexity index is 802. The highest BCUT2D eigenvalue weighted by atomic mass is 16.2. The third kappa shape index (κ3) is 3.57. The molecule has 0 saturated carbocycles. The number of aromatic nitrogens is 2. The largest absolute Gasteiger partial charge is 0.327 e. The lowest BCUT2D eigenvalue weighted by Crippen LogP contribution is -2.51. The lowest BCUT2D eigenvalue weighted by Gasteiger charge is -2.34. The Morgan fingerprint density at radius 1 is 1.08 bits per heavy atom. The molecule has 1 fully saturated rings. The number of amides is 3. The van der Waals surface area contributed by atoms with Crippen molar-refractivity contribution < 1.29 is 9.59 Å². The van der Waals surface area contributed by atoms with Gasteiger partial charge in [-0.25, -0.2) is 4.79 Å². The molecule has 2 aromatic rings.